The fraction of sp³-hybridized carbons (Fsp3) is 0.421. The normalized spacial score (nSPS) is 14.7. The maximum absolute atomic E-state index is 12.6. The van der Waals surface area contributed by atoms with Crippen LogP contribution in [0.15, 0.2) is 29.6 Å². The van der Waals surface area contributed by atoms with Crippen LogP contribution < -0.4 is 11.1 Å². The standard InChI is InChI=1S/C19H24N4O2S/c20-10-9-17-22-16(13-26-17)18(24)21-15-7-5-14(6-8-15)19(25)23-11-3-1-2-4-12-23/h5-8,13H,1-4,9-12,20H2,(H,21,24). The smallest absolute Gasteiger partial charge is 0.275 e. The van der Waals surface area contributed by atoms with Crippen molar-refractivity contribution >= 4 is 28.8 Å². The van der Waals surface area contributed by atoms with Crippen LogP contribution in [0.2, 0.25) is 0 Å². The maximum atomic E-state index is 12.6. The molecule has 1 fully saturated rings. The summed E-state index contributed by atoms with van der Waals surface area (Å²) >= 11 is 1.43. The van der Waals surface area contributed by atoms with Crippen molar-refractivity contribution in [3.63, 3.8) is 0 Å². The molecule has 6 nitrogen and oxygen atoms in total. The average Bonchev–Trinajstić information content (AvgIpc) is 2.95. The molecule has 1 saturated heterocycles. The molecular weight excluding hydrogens is 348 g/mol. The predicted molar refractivity (Wildman–Crippen MR) is 104 cm³/mol. The van der Waals surface area contributed by atoms with Gasteiger partial charge in [0.15, 0.2) is 0 Å². The third-order valence-corrected chi connectivity index (χ3v) is 5.33. The van der Waals surface area contributed by atoms with Crippen molar-refractivity contribution in [2.75, 3.05) is 25.0 Å². The molecule has 0 spiro atoms. The van der Waals surface area contributed by atoms with Crippen LogP contribution >= 0.6 is 11.3 Å². The summed E-state index contributed by atoms with van der Waals surface area (Å²) in [6, 6.07) is 7.06. The Kier molecular flexibility index (Phi) is 6.35. The predicted octanol–water partition coefficient (Wildman–Crippen LogP) is 2.91. The van der Waals surface area contributed by atoms with Gasteiger partial charge in [0.2, 0.25) is 0 Å². The molecule has 2 amide bonds. The van der Waals surface area contributed by atoms with Crippen LogP contribution in [0.1, 0.15) is 51.5 Å². The van der Waals surface area contributed by atoms with E-state index in [-0.39, 0.29) is 11.8 Å². The highest BCUT2D eigenvalue weighted by atomic mass is 32.1. The number of nitrogens with one attached hydrogen (secondary N) is 1. The van der Waals surface area contributed by atoms with Crippen LogP contribution in [0.5, 0.6) is 0 Å². The number of nitrogens with zero attached hydrogens (tertiary/aromatic N) is 2. The number of anilines is 1. The monoisotopic (exact) mass is 372 g/mol. The topological polar surface area (TPSA) is 88.3 Å². The van der Waals surface area contributed by atoms with E-state index < -0.39 is 0 Å². The summed E-state index contributed by atoms with van der Waals surface area (Å²) < 4.78 is 0. The number of nitrogens with two attached hydrogens (primary N) is 1. The molecule has 0 aliphatic carbocycles. The lowest BCUT2D eigenvalue weighted by Gasteiger charge is -2.20. The van der Waals surface area contributed by atoms with Crippen molar-refractivity contribution in [3.8, 4) is 0 Å². The minimum atomic E-state index is -0.254. The second-order valence-electron chi connectivity index (χ2n) is 6.40. The van der Waals surface area contributed by atoms with Crippen LogP contribution in [-0.2, 0) is 6.42 Å². The number of amides is 2. The largest absolute Gasteiger partial charge is 0.339 e. The third-order valence-electron chi connectivity index (χ3n) is 4.43. The van der Waals surface area contributed by atoms with E-state index in [2.05, 4.69) is 10.3 Å². The van der Waals surface area contributed by atoms with Gasteiger partial charge in [0.05, 0.1) is 5.01 Å². The Hall–Kier alpha value is -2.25. The zero-order chi connectivity index (χ0) is 18.4. The molecule has 0 saturated carbocycles. The first-order valence-electron chi connectivity index (χ1n) is 9.02. The summed E-state index contributed by atoms with van der Waals surface area (Å²) in [7, 11) is 0. The number of carbonyl (C=O) groups is 2. The summed E-state index contributed by atoms with van der Waals surface area (Å²) in [4.78, 5) is 31.1. The highest BCUT2D eigenvalue weighted by Gasteiger charge is 2.17. The van der Waals surface area contributed by atoms with Crippen LogP contribution in [0.25, 0.3) is 0 Å². The molecule has 1 aromatic carbocycles. The van der Waals surface area contributed by atoms with Crippen molar-refractivity contribution in [1.82, 2.24) is 9.88 Å². The molecule has 0 unspecified atom stereocenters. The number of thiazole rings is 1. The molecule has 0 radical (unpaired) electrons. The second kappa shape index (κ2) is 8.91. The molecule has 0 atom stereocenters. The molecule has 138 valence electrons. The Morgan fingerprint density at radius 3 is 2.46 bits per heavy atom. The van der Waals surface area contributed by atoms with E-state index in [0.717, 1.165) is 30.9 Å². The van der Waals surface area contributed by atoms with E-state index in [4.69, 9.17) is 5.73 Å². The third kappa shape index (κ3) is 4.68. The number of hydrogen-bond acceptors (Lipinski definition) is 5. The van der Waals surface area contributed by atoms with Gasteiger partial charge in [0, 0.05) is 36.1 Å². The average molecular weight is 372 g/mol. The van der Waals surface area contributed by atoms with Crippen molar-refractivity contribution in [3.05, 3.63) is 45.9 Å². The van der Waals surface area contributed by atoms with Gasteiger partial charge in [-0.2, -0.15) is 0 Å². The molecule has 1 aliphatic heterocycles. The van der Waals surface area contributed by atoms with Gasteiger partial charge in [-0.1, -0.05) is 12.8 Å². The Labute approximate surface area is 157 Å². The van der Waals surface area contributed by atoms with Gasteiger partial charge in [-0.15, -0.1) is 11.3 Å². The summed E-state index contributed by atoms with van der Waals surface area (Å²) in [6.45, 7) is 2.17. The van der Waals surface area contributed by atoms with Gasteiger partial charge in [0.25, 0.3) is 11.8 Å². The molecule has 2 aromatic rings. The minimum absolute atomic E-state index is 0.0655. The Morgan fingerprint density at radius 2 is 1.81 bits per heavy atom. The summed E-state index contributed by atoms with van der Waals surface area (Å²) in [5.41, 5.74) is 7.20. The van der Waals surface area contributed by atoms with E-state index in [1.54, 1.807) is 29.6 Å². The lowest BCUT2D eigenvalue weighted by molar-refractivity contribution is 0.0761. The molecule has 3 rings (SSSR count). The number of hydrogen-bond donors (Lipinski definition) is 2. The van der Waals surface area contributed by atoms with Crippen molar-refractivity contribution in [1.29, 1.82) is 0 Å². The molecule has 26 heavy (non-hydrogen) atoms. The summed E-state index contributed by atoms with van der Waals surface area (Å²) in [6.07, 6.45) is 5.20. The molecule has 7 heteroatoms. The second-order valence-corrected chi connectivity index (χ2v) is 7.35. The quantitative estimate of drug-likeness (QED) is 0.845. The molecule has 3 N–H and O–H groups in total. The fourth-order valence-corrected chi connectivity index (χ4v) is 3.80. The lowest BCUT2D eigenvalue weighted by atomic mass is 10.1. The van der Waals surface area contributed by atoms with Crippen molar-refractivity contribution in [2.45, 2.75) is 32.1 Å². The molecule has 0 bridgehead atoms. The van der Waals surface area contributed by atoms with Gasteiger partial charge in [0.1, 0.15) is 5.69 Å². The van der Waals surface area contributed by atoms with E-state index in [1.165, 1.54) is 24.2 Å². The molecule has 1 aliphatic rings. The molecular formula is C19H24N4O2S. The van der Waals surface area contributed by atoms with Crippen molar-refractivity contribution in [2.24, 2.45) is 5.73 Å². The number of rotatable bonds is 5. The summed E-state index contributed by atoms with van der Waals surface area (Å²) in [5, 5.41) is 5.41. The van der Waals surface area contributed by atoms with Gasteiger partial charge in [-0.05, 0) is 43.7 Å². The van der Waals surface area contributed by atoms with Gasteiger partial charge in [-0.3, -0.25) is 9.59 Å². The zero-order valence-electron chi connectivity index (χ0n) is 14.7. The Morgan fingerprint density at radius 1 is 1.12 bits per heavy atom. The highest BCUT2D eigenvalue weighted by Crippen LogP contribution is 2.17. The van der Waals surface area contributed by atoms with Crippen molar-refractivity contribution < 1.29 is 9.59 Å². The number of aromatic nitrogens is 1. The molecule has 2 heterocycles. The molecule has 1 aromatic heterocycles. The van der Waals surface area contributed by atoms with Crippen LogP contribution in [0.3, 0.4) is 0 Å². The fourth-order valence-electron chi connectivity index (χ4n) is 3.00. The van der Waals surface area contributed by atoms with Gasteiger partial charge in [-0.25, -0.2) is 4.98 Å². The van der Waals surface area contributed by atoms with Crippen LogP contribution in [0, 0.1) is 0 Å². The maximum Gasteiger partial charge on any atom is 0.275 e. The number of likely N-dealkylation sites (tertiary alicyclic amines) is 1. The van der Waals surface area contributed by atoms with E-state index in [9.17, 15) is 9.59 Å². The van der Waals surface area contributed by atoms with E-state index >= 15 is 0 Å². The van der Waals surface area contributed by atoms with E-state index in [1.807, 2.05) is 4.90 Å². The first-order valence-corrected chi connectivity index (χ1v) is 9.90. The van der Waals surface area contributed by atoms with Gasteiger partial charge >= 0.3 is 0 Å². The van der Waals surface area contributed by atoms with Crippen LogP contribution in [0.4, 0.5) is 5.69 Å². The SMILES string of the molecule is NCCc1nc(C(=O)Nc2ccc(C(=O)N3CCCCCC3)cc2)cs1. The number of carbonyl (C=O) groups excluding carboxylic acids is 2. The highest BCUT2D eigenvalue weighted by molar-refractivity contribution is 7.09. The number of benzene rings is 1. The zero-order valence-corrected chi connectivity index (χ0v) is 15.6. The first kappa shape index (κ1) is 18.5. The first-order chi connectivity index (χ1) is 12.7. The van der Waals surface area contributed by atoms with Gasteiger partial charge < -0.3 is 16.0 Å². The lowest BCUT2D eigenvalue weighted by Crippen LogP contribution is -2.31. The Bertz CT molecular complexity index is 749. The Balaban J connectivity index is 1.61. The summed E-state index contributed by atoms with van der Waals surface area (Å²) in [5.74, 6) is -0.188. The minimum Gasteiger partial charge on any atom is -0.339 e. The van der Waals surface area contributed by atoms with E-state index in [0.29, 0.717) is 29.9 Å². The van der Waals surface area contributed by atoms with Crippen LogP contribution in [-0.4, -0.2) is 41.3 Å².